The van der Waals surface area contributed by atoms with Gasteiger partial charge in [-0.2, -0.15) is 0 Å². The first-order chi connectivity index (χ1) is 5.84. The van der Waals surface area contributed by atoms with Crippen LogP contribution in [0.4, 0.5) is 4.39 Å². The maximum atomic E-state index is 11.8. The van der Waals surface area contributed by atoms with E-state index in [1.807, 2.05) is 0 Å². The Morgan fingerprint density at radius 3 is 3.00 bits per heavy atom. The molecule has 0 aromatic carbocycles. The molecule has 0 aromatic heterocycles. The van der Waals surface area contributed by atoms with Gasteiger partial charge in [-0.05, 0) is 26.3 Å². The lowest BCUT2D eigenvalue weighted by Gasteiger charge is -2.33. The zero-order valence-corrected chi connectivity index (χ0v) is 7.85. The summed E-state index contributed by atoms with van der Waals surface area (Å²) in [5.41, 5.74) is 0. The molecule has 1 aliphatic rings. The normalized spacial score (nSPS) is 26.0. The summed E-state index contributed by atoms with van der Waals surface area (Å²) in [5.74, 6) is 0. The van der Waals surface area contributed by atoms with E-state index in [9.17, 15) is 4.39 Å². The highest BCUT2D eigenvalue weighted by Crippen LogP contribution is 2.04. The van der Waals surface area contributed by atoms with E-state index in [-0.39, 0.29) is 6.67 Å². The number of hydrogen-bond acceptors (Lipinski definition) is 2. The third kappa shape index (κ3) is 3.07. The molecule has 1 N–H and O–H groups in total. The van der Waals surface area contributed by atoms with Gasteiger partial charge in [0.2, 0.25) is 0 Å². The second kappa shape index (κ2) is 5.49. The lowest BCUT2D eigenvalue weighted by Crippen LogP contribution is -2.49. The molecule has 3 heteroatoms. The first kappa shape index (κ1) is 9.93. The van der Waals surface area contributed by atoms with Gasteiger partial charge in [0, 0.05) is 25.7 Å². The minimum absolute atomic E-state index is 0.166. The average molecular weight is 174 g/mol. The summed E-state index contributed by atoms with van der Waals surface area (Å²) in [4.78, 5) is 2.44. The van der Waals surface area contributed by atoms with Gasteiger partial charge >= 0.3 is 0 Å². The molecule has 1 aliphatic heterocycles. The quantitative estimate of drug-likeness (QED) is 0.640. The Kier molecular flexibility index (Phi) is 4.54. The molecule has 12 heavy (non-hydrogen) atoms. The molecule has 1 unspecified atom stereocenters. The monoisotopic (exact) mass is 174 g/mol. The van der Waals surface area contributed by atoms with Crippen LogP contribution in [0, 0.1) is 0 Å². The van der Waals surface area contributed by atoms with Gasteiger partial charge in [-0.15, -0.1) is 0 Å². The highest BCUT2D eigenvalue weighted by Gasteiger charge is 2.16. The van der Waals surface area contributed by atoms with E-state index < -0.39 is 0 Å². The van der Waals surface area contributed by atoms with Crippen molar-refractivity contribution in [3.63, 3.8) is 0 Å². The lowest BCUT2D eigenvalue weighted by molar-refractivity contribution is 0.169. The van der Waals surface area contributed by atoms with Gasteiger partial charge < -0.3 is 5.32 Å². The van der Waals surface area contributed by atoms with Crippen LogP contribution in [0.2, 0.25) is 0 Å². The van der Waals surface area contributed by atoms with Crippen LogP contribution in [0.15, 0.2) is 0 Å². The van der Waals surface area contributed by atoms with E-state index >= 15 is 0 Å². The van der Waals surface area contributed by atoms with Crippen molar-refractivity contribution in [1.29, 1.82) is 0 Å². The van der Waals surface area contributed by atoms with Crippen molar-refractivity contribution in [3.05, 3.63) is 0 Å². The van der Waals surface area contributed by atoms with Crippen LogP contribution in [0.25, 0.3) is 0 Å². The van der Waals surface area contributed by atoms with Crippen LogP contribution in [-0.2, 0) is 0 Å². The number of nitrogens with one attached hydrogen (secondary N) is 1. The molecule has 72 valence electrons. The van der Waals surface area contributed by atoms with Crippen molar-refractivity contribution in [3.8, 4) is 0 Å². The Labute approximate surface area is 74.1 Å². The Balaban J connectivity index is 2.11. The fourth-order valence-corrected chi connectivity index (χ4v) is 1.62. The Morgan fingerprint density at radius 1 is 1.50 bits per heavy atom. The van der Waals surface area contributed by atoms with Crippen molar-refractivity contribution >= 4 is 0 Å². The van der Waals surface area contributed by atoms with Gasteiger partial charge in [0.05, 0.1) is 6.67 Å². The smallest absolute Gasteiger partial charge is 0.0894 e. The number of alkyl halides is 1. The molecule has 1 atom stereocenters. The fourth-order valence-electron chi connectivity index (χ4n) is 1.62. The number of hydrogen-bond donors (Lipinski definition) is 1. The van der Waals surface area contributed by atoms with Crippen LogP contribution < -0.4 is 5.32 Å². The number of piperazine rings is 1. The van der Waals surface area contributed by atoms with E-state index in [1.165, 1.54) is 0 Å². The van der Waals surface area contributed by atoms with E-state index in [2.05, 4.69) is 17.1 Å². The number of rotatable bonds is 4. The first-order valence-electron chi connectivity index (χ1n) is 4.85. The molecule has 0 aromatic rings. The molecule has 1 heterocycles. The summed E-state index contributed by atoms with van der Waals surface area (Å²) in [5, 5.41) is 3.34. The van der Waals surface area contributed by atoms with Gasteiger partial charge in [0.25, 0.3) is 0 Å². The van der Waals surface area contributed by atoms with Gasteiger partial charge in [0.15, 0.2) is 0 Å². The number of unbranched alkanes of at least 4 members (excludes halogenated alkanes) is 1. The second-order valence-corrected chi connectivity index (χ2v) is 3.49. The van der Waals surface area contributed by atoms with Crippen molar-refractivity contribution in [2.75, 3.05) is 32.9 Å². The van der Waals surface area contributed by atoms with Crippen molar-refractivity contribution in [2.24, 2.45) is 0 Å². The molecular weight excluding hydrogens is 155 g/mol. The summed E-state index contributed by atoms with van der Waals surface area (Å²) in [6.45, 7) is 6.40. The molecule has 1 saturated heterocycles. The molecular formula is C9H19FN2. The Bertz CT molecular complexity index is 119. The fraction of sp³-hybridized carbons (Fsp3) is 1.00. The molecule has 0 spiro atoms. The zero-order valence-electron chi connectivity index (χ0n) is 7.85. The lowest BCUT2D eigenvalue weighted by atomic mass is 10.2. The van der Waals surface area contributed by atoms with E-state index in [0.717, 1.165) is 39.0 Å². The highest BCUT2D eigenvalue weighted by atomic mass is 19.1. The highest BCUT2D eigenvalue weighted by molar-refractivity contribution is 4.75. The second-order valence-electron chi connectivity index (χ2n) is 3.49. The summed E-state index contributed by atoms with van der Waals surface area (Å²) in [6.07, 6.45) is 1.72. The summed E-state index contributed by atoms with van der Waals surface area (Å²) >= 11 is 0. The van der Waals surface area contributed by atoms with E-state index in [1.54, 1.807) is 0 Å². The minimum Gasteiger partial charge on any atom is -0.314 e. The third-order valence-electron chi connectivity index (χ3n) is 2.47. The summed E-state index contributed by atoms with van der Waals surface area (Å²) in [6, 6.07) is 0.623. The Morgan fingerprint density at radius 2 is 2.33 bits per heavy atom. The molecule has 0 bridgehead atoms. The Hall–Kier alpha value is -0.150. The molecule has 0 saturated carbocycles. The van der Waals surface area contributed by atoms with Crippen LogP contribution >= 0.6 is 0 Å². The van der Waals surface area contributed by atoms with Crippen molar-refractivity contribution in [1.82, 2.24) is 10.2 Å². The van der Waals surface area contributed by atoms with Gasteiger partial charge in [-0.25, -0.2) is 0 Å². The van der Waals surface area contributed by atoms with E-state index in [0.29, 0.717) is 6.04 Å². The van der Waals surface area contributed by atoms with Crippen LogP contribution in [0.3, 0.4) is 0 Å². The molecule has 0 amide bonds. The maximum Gasteiger partial charge on any atom is 0.0894 e. The largest absolute Gasteiger partial charge is 0.314 e. The molecule has 0 aliphatic carbocycles. The predicted octanol–water partition coefficient (Wildman–Crippen LogP) is 1.03. The SMILES string of the molecule is CC1CNCCN1CCCCF. The molecule has 1 rings (SSSR count). The minimum atomic E-state index is -0.166. The van der Waals surface area contributed by atoms with Gasteiger partial charge in [-0.3, -0.25) is 9.29 Å². The topological polar surface area (TPSA) is 15.3 Å². The number of nitrogens with zero attached hydrogens (tertiary/aromatic N) is 1. The molecule has 1 fully saturated rings. The molecule has 0 radical (unpaired) electrons. The van der Waals surface area contributed by atoms with E-state index in [4.69, 9.17) is 0 Å². The van der Waals surface area contributed by atoms with Crippen LogP contribution in [0.1, 0.15) is 19.8 Å². The average Bonchev–Trinajstić information content (AvgIpc) is 2.09. The molecule has 2 nitrogen and oxygen atoms in total. The zero-order chi connectivity index (χ0) is 8.81. The summed E-state index contributed by atoms with van der Waals surface area (Å²) < 4.78 is 11.8. The van der Waals surface area contributed by atoms with Gasteiger partial charge in [-0.1, -0.05) is 0 Å². The third-order valence-corrected chi connectivity index (χ3v) is 2.47. The van der Waals surface area contributed by atoms with Gasteiger partial charge in [0.1, 0.15) is 0 Å². The summed E-state index contributed by atoms with van der Waals surface area (Å²) in [7, 11) is 0. The predicted molar refractivity (Wildman–Crippen MR) is 49.1 cm³/mol. The van der Waals surface area contributed by atoms with Crippen LogP contribution in [0.5, 0.6) is 0 Å². The van der Waals surface area contributed by atoms with Crippen LogP contribution in [-0.4, -0.2) is 43.8 Å². The van der Waals surface area contributed by atoms with Crippen molar-refractivity contribution in [2.45, 2.75) is 25.8 Å². The number of halogens is 1. The van der Waals surface area contributed by atoms with Crippen molar-refractivity contribution < 1.29 is 4.39 Å². The maximum absolute atomic E-state index is 11.8. The first-order valence-corrected chi connectivity index (χ1v) is 4.85. The standard InChI is InChI=1S/C9H19FN2/c1-9-8-11-5-7-12(9)6-3-2-4-10/h9,11H,2-8H2,1H3.